The number of aliphatic hydroxyl groups excluding tert-OH is 5. The zero-order valence-electron chi connectivity index (χ0n) is 14.8. The number of fused-ring (bicyclic) bond motifs is 1. The highest BCUT2D eigenvalue weighted by molar-refractivity contribution is 5.89. The van der Waals surface area contributed by atoms with Crippen LogP contribution in [-0.4, -0.2) is 108 Å². The molecule has 0 aromatic heterocycles. The fraction of sp³-hybridized carbons (Fsp3) is 0.812. The van der Waals surface area contributed by atoms with Crippen LogP contribution in [-0.2, 0) is 19.0 Å². The topological polar surface area (TPSA) is 207 Å². The summed E-state index contributed by atoms with van der Waals surface area (Å²) in [5.74, 6) is -3.03. The van der Waals surface area contributed by atoms with E-state index in [-0.39, 0.29) is 0 Å². The first-order valence-electron chi connectivity index (χ1n) is 8.63. The van der Waals surface area contributed by atoms with E-state index in [4.69, 9.17) is 14.2 Å². The van der Waals surface area contributed by atoms with E-state index in [1.165, 1.54) is 0 Å². The Morgan fingerprint density at radius 1 is 1.18 bits per heavy atom. The third-order valence-electron chi connectivity index (χ3n) is 5.73. The molecule has 0 spiro atoms. The fourth-order valence-electron chi connectivity index (χ4n) is 4.07. The molecule has 2 heterocycles. The molecule has 0 aromatic carbocycles. The minimum Gasteiger partial charge on any atom is -0.478 e. The van der Waals surface area contributed by atoms with Crippen molar-refractivity contribution in [2.45, 2.75) is 67.6 Å². The van der Waals surface area contributed by atoms with Crippen molar-refractivity contribution in [1.29, 1.82) is 0 Å². The maximum absolute atomic E-state index is 11.5. The average molecular weight is 408 g/mol. The van der Waals surface area contributed by atoms with Crippen molar-refractivity contribution in [3.63, 3.8) is 0 Å². The molecule has 3 aliphatic rings. The van der Waals surface area contributed by atoms with Crippen LogP contribution in [0.2, 0.25) is 0 Å². The van der Waals surface area contributed by atoms with E-state index < -0.39 is 84.8 Å². The second kappa shape index (κ2) is 7.16. The predicted octanol–water partition coefficient (Wildman–Crippen LogP) is -4.01. The zero-order chi connectivity index (χ0) is 21.0. The van der Waals surface area contributed by atoms with E-state index in [1.54, 1.807) is 0 Å². The Morgan fingerprint density at radius 3 is 2.39 bits per heavy atom. The van der Waals surface area contributed by atoms with E-state index in [2.05, 4.69) is 0 Å². The first-order valence-corrected chi connectivity index (χ1v) is 8.63. The van der Waals surface area contributed by atoms with E-state index in [9.17, 15) is 45.6 Å². The molecule has 1 aliphatic carbocycles. The van der Waals surface area contributed by atoms with Gasteiger partial charge in [0.2, 0.25) is 6.29 Å². The Bertz CT molecular complexity index is 648. The molecule has 10 atom stereocenters. The molecule has 8 N–H and O–H groups in total. The van der Waals surface area contributed by atoms with Crippen molar-refractivity contribution in [3.05, 3.63) is 11.8 Å². The molecule has 12 nitrogen and oxygen atoms in total. The molecular weight excluding hydrogens is 384 g/mol. The van der Waals surface area contributed by atoms with Crippen LogP contribution < -0.4 is 0 Å². The molecule has 0 amide bonds. The summed E-state index contributed by atoms with van der Waals surface area (Å²) in [5.41, 5.74) is -4.85. The van der Waals surface area contributed by atoms with Gasteiger partial charge in [-0.25, -0.2) is 4.79 Å². The molecule has 1 saturated carbocycles. The molecule has 3 rings (SSSR count). The van der Waals surface area contributed by atoms with Crippen molar-refractivity contribution in [3.8, 4) is 0 Å². The standard InChI is InChI=1S/C16H24O12/c1-15(24)7(18)2-16(25)5(12(22)23)4-26-14(11(15)16)28-13-10(21)9(20)8(19)6(3-17)27-13/h4,6-11,13-14,17-21,24-25H,2-3H2,1H3,(H,22,23)/t6-,7+,8-,9+,10-,11-,13+,14+,15+,16+/m1/s1. The SMILES string of the molecule is C[C@@]1(O)[C@H]2[C@H](O[C@@H]3O[C@H](CO)[C@@H](O)[C@H](O)[C@H]3O)OC=C(C(=O)O)[C@@]2(O)C[C@@H]1O. The molecule has 1 saturated heterocycles. The number of hydrogen-bond acceptors (Lipinski definition) is 11. The van der Waals surface area contributed by atoms with Gasteiger partial charge in [-0.2, -0.15) is 0 Å². The summed E-state index contributed by atoms with van der Waals surface area (Å²) in [4.78, 5) is 11.5. The van der Waals surface area contributed by atoms with E-state index >= 15 is 0 Å². The summed E-state index contributed by atoms with van der Waals surface area (Å²) >= 11 is 0. The van der Waals surface area contributed by atoms with E-state index in [1.807, 2.05) is 0 Å². The summed E-state index contributed by atoms with van der Waals surface area (Å²) in [6, 6.07) is 0. The minimum absolute atomic E-state index is 0.513. The summed E-state index contributed by atoms with van der Waals surface area (Å²) in [6.45, 7) is 0.460. The minimum atomic E-state index is -2.22. The predicted molar refractivity (Wildman–Crippen MR) is 85.1 cm³/mol. The van der Waals surface area contributed by atoms with Crippen LogP contribution in [0.3, 0.4) is 0 Å². The molecule has 28 heavy (non-hydrogen) atoms. The monoisotopic (exact) mass is 408 g/mol. The van der Waals surface area contributed by atoms with Gasteiger partial charge in [0.05, 0.1) is 30.5 Å². The van der Waals surface area contributed by atoms with Crippen LogP contribution in [0.15, 0.2) is 11.8 Å². The Kier molecular flexibility index (Phi) is 5.46. The molecule has 0 bridgehead atoms. The Balaban J connectivity index is 1.91. The smallest absolute Gasteiger partial charge is 0.337 e. The maximum atomic E-state index is 11.5. The van der Waals surface area contributed by atoms with Gasteiger partial charge in [0.25, 0.3) is 0 Å². The lowest BCUT2D eigenvalue weighted by molar-refractivity contribution is -0.352. The largest absolute Gasteiger partial charge is 0.478 e. The molecule has 0 unspecified atom stereocenters. The Labute approximate surface area is 158 Å². The zero-order valence-corrected chi connectivity index (χ0v) is 14.8. The molecular formula is C16H24O12. The summed E-state index contributed by atoms with van der Waals surface area (Å²) in [5, 5.41) is 80.1. The van der Waals surface area contributed by atoms with Gasteiger partial charge >= 0.3 is 5.97 Å². The number of carbonyl (C=O) groups is 1. The van der Waals surface area contributed by atoms with Crippen LogP contribution in [0, 0.1) is 5.92 Å². The number of ether oxygens (including phenoxy) is 3. The van der Waals surface area contributed by atoms with E-state index in [0.29, 0.717) is 6.26 Å². The van der Waals surface area contributed by atoms with Gasteiger partial charge in [0, 0.05) is 6.42 Å². The number of aliphatic hydroxyl groups is 7. The number of aliphatic carboxylic acids is 1. The lowest BCUT2D eigenvalue weighted by Crippen LogP contribution is -2.62. The molecule has 2 fully saturated rings. The van der Waals surface area contributed by atoms with Crippen molar-refractivity contribution >= 4 is 5.97 Å². The van der Waals surface area contributed by atoms with Crippen LogP contribution in [0.1, 0.15) is 13.3 Å². The highest BCUT2D eigenvalue weighted by Crippen LogP contribution is 2.52. The molecule has 12 heteroatoms. The summed E-state index contributed by atoms with van der Waals surface area (Å²) in [6.07, 6.45) is -11.0. The normalized spacial score (nSPS) is 51.2. The van der Waals surface area contributed by atoms with Crippen molar-refractivity contribution < 1.29 is 59.9 Å². The first-order chi connectivity index (χ1) is 12.9. The van der Waals surface area contributed by atoms with Gasteiger partial charge in [-0.1, -0.05) is 0 Å². The van der Waals surface area contributed by atoms with Gasteiger partial charge in [-0.05, 0) is 6.92 Å². The molecule has 2 aliphatic heterocycles. The van der Waals surface area contributed by atoms with Gasteiger partial charge in [-0.3, -0.25) is 0 Å². The number of hydrogen-bond donors (Lipinski definition) is 8. The van der Waals surface area contributed by atoms with Gasteiger partial charge in [-0.15, -0.1) is 0 Å². The Hall–Kier alpha value is -1.35. The third-order valence-corrected chi connectivity index (χ3v) is 5.73. The first kappa shape index (κ1) is 21.4. The second-order valence-corrected chi connectivity index (χ2v) is 7.52. The number of carboxylic acid groups (broad SMARTS) is 1. The van der Waals surface area contributed by atoms with Crippen LogP contribution in [0.5, 0.6) is 0 Å². The van der Waals surface area contributed by atoms with Crippen molar-refractivity contribution in [2.75, 3.05) is 6.61 Å². The third kappa shape index (κ3) is 3.10. The van der Waals surface area contributed by atoms with E-state index in [0.717, 1.165) is 6.92 Å². The maximum Gasteiger partial charge on any atom is 0.337 e. The average Bonchev–Trinajstić information content (AvgIpc) is 2.80. The summed E-state index contributed by atoms with van der Waals surface area (Å²) < 4.78 is 15.9. The molecule has 0 radical (unpaired) electrons. The number of rotatable bonds is 4. The Morgan fingerprint density at radius 2 is 1.82 bits per heavy atom. The lowest BCUT2D eigenvalue weighted by Gasteiger charge is -2.46. The second-order valence-electron chi connectivity index (χ2n) is 7.52. The van der Waals surface area contributed by atoms with Gasteiger partial charge < -0.3 is 55.1 Å². The van der Waals surface area contributed by atoms with Crippen LogP contribution in [0.4, 0.5) is 0 Å². The van der Waals surface area contributed by atoms with Crippen LogP contribution >= 0.6 is 0 Å². The molecule has 160 valence electrons. The highest BCUT2D eigenvalue weighted by atomic mass is 16.8. The number of carboxylic acids is 1. The van der Waals surface area contributed by atoms with Gasteiger partial charge in [0.1, 0.15) is 35.6 Å². The quantitative estimate of drug-likeness (QED) is 0.224. The van der Waals surface area contributed by atoms with Crippen LogP contribution in [0.25, 0.3) is 0 Å². The van der Waals surface area contributed by atoms with Crippen molar-refractivity contribution in [2.24, 2.45) is 5.92 Å². The highest BCUT2D eigenvalue weighted by Gasteiger charge is 2.67. The fourth-order valence-corrected chi connectivity index (χ4v) is 4.07. The van der Waals surface area contributed by atoms with Gasteiger partial charge in [0.15, 0.2) is 6.29 Å². The molecule has 0 aromatic rings. The summed E-state index contributed by atoms with van der Waals surface area (Å²) in [7, 11) is 0. The lowest BCUT2D eigenvalue weighted by atomic mass is 9.77. The van der Waals surface area contributed by atoms with Crippen molar-refractivity contribution in [1.82, 2.24) is 0 Å².